The molecule has 1 heterocycles. The molecule has 1 aromatic heterocycles. The predicted molar refractivity (Wildman–Crippen MR) is 108 cm³/mol. The normalized spacial score (nSPS) is 15.0. The molecule has 1 aliphatic rings. The summed E-state index contributed by atoms with van der Waals surface area (Å²) < 4.78 is 6.61. The number of methoxy groups -OCH3 is 1. The summed E-state index contributed by atoms with van der Waals surface area (Å²) in [6, 6.07) is 6.93. The predicted octanol–water partition coefficient (Wildman–Crippen LogP) is 3.06. The summed E-state index contributed by atoms with van der Waals surface area (Å²) in [6.45, 7) is 1.06. The maximum atomic E-state index is 12.4. The summed E-state index contributed by atoms with van der Waals surface area (Å²) in [6.07, 6.45) is 4.82. The van der Waals surface area contributed by atoms with E-state index in [4.69, 9.17) is 27.9 Å². The standard InChI is InChI=1S/C19H22Cl2N4O3/c1-28-10-9-25-8-5-16(24-25)22-17(26)18(27)23-19(6-2-7-19)12-13-3-4-14(20)11-15(13)21/h3-5,8,11H,2,6-7,9-10,12H2,1H3,(H,23,27)(H,22,24,26). The molecule has 0 aliphatic heterocycles. The quantitative estimate of drug-likeness (QED) is 0.668. The van der Waals surface area contributed by atoms with Crippen LogP contribution in [-0.2, 0) is 27.3 Å². The molecule has 2 aromatic rings. The number of hydrogen-bond acceptors (Lipinski definition) is 4. The Balaban J connectivity index is 1.60. The van der Waals surface area contributed by atoms with E-state index in [1.807, 2.05) is 6.07 Å². The fourth-order valence-electron chi connectivity index (χ4n) is 3.19. The molecule has 3 rings (SSSR count). The lowest BCUT2D eigenvalue weighted by Gasteiger charge is -2.42. The van der Waals surface area contributed by atoms with Crippen molar-refractivity contribution in [2.24, 2.45) is 0 Å². The van der Waals surface area contributed by atoms with Crippen LogP contribution in [0.3, 0.4) is 0 Å². The van der Waals surface area contributed by atoms with E-state index in [-0.39, 0.29) is 0 Å². The van der Waals surface area contributed by atoms with Crippen LogP contribution in [0.2, 0.25) is 10.0 Å². The van der Waals surface area contributed by atoms with E-state index < -0.39 is 17.4 Å². The highest BCUT2D eigenvalue weighted by Gasteiger charge is 2.40. The minimum Gasteiger partial charge on any atom is -0.383 e. The Morgan fingerprint density at radius 3 is 2.68 bits per heavy atom. The number of aromatic nitrogens is 2. The molecule has 0 spiro atoms. The van der Waals surface area contributed by atoms with Gasteiger partial charge in [0, 0.05) is 35.0 Å². The summed E-state index contributed by atoms with van der Waals surface area (Å²) in [5.41, 5.74) is 0.423. The Morgan fingerprint density at radius 1 is 1.25 bits per heavy atom. The molecule has 0 unspecified atom stereocenters. The number of carbonyl (C=O) groups is 2. The van der Waals surface area contributed by atoms with E-state index >= 15 is 0 Å². The van der Waals surface area contributed by atoms with Gasteiger partial charge in [-0.3, -0.25) is 14.3 Å². The Kier molecular flexibility index (Phi) is 6.59. The van der Waals surface area contributed by atoms with Gasteiger partial charge in [0.15, 0.2) is 5.82 Å². The minimum absolute atomic E-state index is 0.319. The van der Waals surface area contributed by atoms with Gasteiger partial charge in [0.1, 0.15) is 0 Å². The topological polar surface area (TPSA) is 85.2 Å². The van der Waals surface area contributed by atoms with Crippen LogP contribution in [-0.4, -0.2) is 40.9 Å². The highest BCUT2D eigenvalue weighted by molar-refractivity contribution is 6.39. The Hall–Kier alpha value is -2.09. The second kappa shape index (κ2) is 8.94. The number of halogens is 2. The van der Waals surface area contributed by atoms with Crippen LogP contribution in [0.15, 0.2) is 30.5 Å². The van der Waals surface area contributed by atoms with E-state index in [0.29, 0.717) is 35.4 Å². The first-order valence-corrected chi connectivity index (χ1v) is 9.76. The molecule has 150 valence electrons. The molecule has 28 heavy (non-hydrogen) atoms. The molecular weight excluding hydrogens is 403 g/mol. The molecule has 1 saturated carbocycles. The molecule has 2 N–H and O–H groups in total. The molecule has 0 bridgehead atoms. The average molecular weight is 425 g/mol. The van der Waals surface area contributed by atoms with Crippen molar-refractivity contribution in [2.75, 3.05) is 19.0 Å². The maximum Gasteiger partial charge on any atom is 0.314 e. The number of ether oxygens (including phenoxy) is 1. The van der Waals surface area contributed by atoms with E-state index in [0.717, 1.165) is 24.8 Å². The van der Waals surface area contributed by atoms with Gasteiger partial charge in [-0.2, -0.15) is 5.10 Å². The first-order chi connectivity index (χ1) is 13.4. The van der Waals surface area contributed by atoms with Gasteiger partial charge in [-0.05, 0) is 43.4 Å². The fraction of sp³-hybridized carbons (Fsp3) is 0.421. The van der Waals surface area contributed by atoms with Crippen LogP contribution in [0.25, 0.3) is 0 Å². The van der Waals surface area contributed by atoms with Gasteiger partial charge < -0.3 is 15.4 Å². The number of amides is 2. The second-order valence-corrected chi connectivity index (χ2v) is 7.76. The third-order valence-corrected chi connectivity index (χ3v) is 5.43. The highest BCUT2D eigenvalue weighted by Crippen LogP contribution is 2.37. The molecule has 7 nitrogen and oxygen atoms in total. The largest absolute Gasteiger partial charge is 0.383 e. The maximum absolute atomic E-state index is 12.4. The Morgan fingerprint density at radius 2 is 2.04 bits per heavy atom. The SMILES string of the molecule is COCCn1ccc(NC(=O)C(=O)NC2(Cc3ccc(Cl)cc3Cl)CCC2)n1. The molecule has 0 atom stereocenters. The highest BCUT2D eigenvalue weighted by atomic mass is 35.5. The Bertz CT molecular complexity index is 865. The minimum atomic E-state index is -0.745. The van der Waals surface area contributed by atoms with Crippen molar-refractivity contribution < 1.29 is 14.3 Å². The number of anilines is 1. The zero-order valence-electron chi connectivity index (χ0n) is 15.5. The lowest BCUT2D eigenvalue weighted by Crippen LogP contribution is -2.57. The van der Waals surface area contributed by atoms with E-state index in [1.165, 1.54) is 0 Å². The van der Waals surface area contributed by atoms with Gasteiger partial charge in [0.05, 0.1) is 13.2 Å². The first kappa shape index (κ1) is 20.6. The molecular formula is C19H22Cl2N4O3. The third kappa shape index (κ3) is 5.04. The van der Waals surface area contributed by atoms with E-state index in [1.54, 1.807) is 36.2 Å². The van der Waals surface area contributed by atoms with Gasteiger partial charge in [-0.1, -0.05) is 29.3 Å². The first-order valence-electron chi connectivity index (χ1n) is 9.01. The molecule has 9 heteroatoms. The summed E-state index contributed by atoms with van der Waals surface area (Å²) in [4.78, 5) is 24.7. The molecule has 2 amide bonds. The monoisotopic (exact) mass is 424 g/mol. The smallest absolute Gasteiger partial charge is 0.314 e. The summed E-state index contributed by atoms with van der Waals surface area (Å²) in [5, 5.41) is 10.7. The van der Waals surface area contributed by atoms with E-state index in [9.17, 15) is 9.59 Å². The molecule has 1 aliphatic carbocycles. The van der Waals surface area contributed by atoms with Gasteiger partial charge in [-0.15, -0.1) is 0 Å². The van der Waals surface area contributed by atoms with E-state index in [2.05, 4.69) is 15.7 Å². The summed E-state index contributed by atoms with van der Waals surface area (Å²) in [7, 11) is 1.60. The van der Waals surface area contributed by atoms with Crippen molar-refractivity contribution in [3.63, 3.8) is 0 Å². The summed E-state index contributed by atoms with van der Waals surface area (Å²) >= 11 is 12.2. The van der Waals surface area contributed by atoms with Gasteiger partial charge in [0.2, 0.25) is 0 Å². The van der Waals surface area contributed by atoms with Crippen LogP contribution in [0.4, 0.5) is 5.82 Å². The van der Waals surface area contributed by atoms with Gasteiger partial charge in [0.25, 0.3) is 0 Å². The molecule has 0 radical (unpaired) electrons. The van der Waals surface area contributed by atoms with Crippen LogP contribution in [0, 0.1) is 0 Å². The van der Waals surface area contributed by atoms with Gasteiger partial charge in [-0.25, -0.2) is 0 Å². The number of nitrogens with one attached hydrogen (secondary N) is 2. The Labute approximate surface area is 173 Å². The lowest BCUT2D eigenvalue weighted by atomic mass is 9.72. The van der Waals surface area contributed by atoms with Crippen molar-refractivity contribution in [3.8, 4) is 0 Å². The van der Waals surface area contributed by atoms with Crippen LogP contribution in [0.1, 0.15) is 24.8 Å². The zero-order valence-corrected chi connectivity index (χ0v) is 17.0. The van der Waals surface area contributed by atoms with Crippen LogP contribution in [0.5, 0.6) is 0 Å². The number of rotatable bonds is 7. The second-order valence-electron chi connectivity index (χ2n) is 6.91. The van der Waals surface area contributed by atoms with Crippen molar-refractivity contribution in [3.05, 3.63) is 46.1 Å². The van der Waals surface area contributed by atoms with Crippen molar-refractivity contribution in [2.45, 2.75) is 37.8 Å². The number of benzene rings is 1. The fourth-order valence-corrected chi connectivity index (χ4v) is 3.66. The molecule has 1 aromatic carbocycles. The summed E-state index contributed by atoms with van der Waals surface area (Å²) in [5.74, 6) is -1.11. The van der Waals surface area contributed by atoms with Crippen molar-refractivity contribution in [1.82, 2.24) is 15.1 Å². The number of hydrogen-bond donors (Lipinski definition) is 2. The average Bonchev–Trinajstić information content (AvgIpc) is 3.07. The van der Waals surface area contributed by atoms with Gasteiger partial charge >= 0.3 is 11.8 Å². The third-order valence-electron chi connectivity index (χ3n) is 4.85. The number of carbonyl (C=O) groups excluding carboxylic acids is 2. The van der Waals surface area contributed by atoms with Crippen LogP contribution < -0.4 is 10.6 Å². The van der Waals surface area contributed by atoms with Crippen molar-refractivity contribution in [1.29, 1.82) is 0 Å². The molecule has 0 saturated heterocycles. The van der Waals surface area contributed by atoms with Crippen molar-refractivity contribution >= 4 is 40.8 Å². The lowest BCUT2D eigenvalue weighted by molar-refractivity contribution is -0.138. The zero-order chi connectivity index (χ0) is 20.1. The van der Waals surface area contributed by atoms with Crippen LogP contribution >= 0.6 is 23.2 Å². The number of nitrogens with zero attached hydrogens (tertiary/aromatic N) is 2. The molecule has 1 fully saturated rings.